The molecule has 8 nitrogen and oxygen atoms in total. The van der Waals surface area contributed by atoms with Gasteiger partial charge in [-0.1, -0.05) is 0 Å². The zero-order valence-corrected chi connectivity index (χ0v) is 12.2. The number of benzene rings is 1. The summed E-state index contributed by atoms with van der Waals surface area (Å²) in [7, 11) is 0. The van der Waals surface area contributed by atoms with E-state index in [1.165, 1.54) is 0 Å². The minimum atomic E-state index is -0.614. The zero-order valence-electron chi connectivity index (χ0n) is 12.2. The summed E-state index contributed by atoms with van der Waals surface area (Å²) in [6.07, 6.45) is 0.819. The van der Waals surface area contributed by atoms with Gasteiger partial charge in [-0.15, -0.1) is 0 Å². The summed E-state index contributed by atoms with van der Waals surface area (Å²) in [6, 6.07) is 1.87. The van der Waals surface area contributed by atoms with Crippen LogP contribution in [0.2, 0.25) is 0 Å². The number of hydrogen-bond acceptors (Lipinski definition) is 6. The smallest absolute Gasteiger partial charge is 0.319 e. The van der Waals surface area contributed by atoms with Gasteiger partial charge in [0.2, 0.25) is 0 Å². The standard InChI is InChI=1S/C14H21N3O5/c18-11-8-10(9-12(19)13(11)20)16-14(21)15-2-1-3-17-4-6-22-7-5-17/h8-9,18-20H,1-7H2,(H2,15,16,21). The minimum Gasteiger partial charge on any atom is -0.504 e. The molecule has 1 heterocycles. The maximum absolute atomic E-state index is 11.7. The molecule has 1 aromatic rings. The highest BCUT2D eigenvalue weighted by atomic mass is 16.5. The van der Waals surface area contributed by atoms with Crippen molar-refractivity contribution < 1.29 is 24.9 Å². The van der Waals surface area contributed by atoms with E-state index in [-0.39, 0.29) is 5.69 Å². The SMILES string of the molecule is O=C(NCCCN1CCOCC1)Nc1cc(O)c(O)c(O)c1. The molecule has 2 amide bonds. The lowest BCUT2D eigenvalue weighted by molar-refractivity contribution is 0.0375. The quantitative estimate of drug-likeness (QED) is 0.310. The van der Waals surface area contributed by atoms with E-state index in [1.807, 2.05) is 0 Å². The second-order valence-corrected chi connectivity index (χ2v) is 5.05. The Morgan fingerprint density at radius 3 is 2.45 bits per heavy atom. The van der Waals surface area contributed by atoms with Crippen LogP contribution >= 0.6 is 0 Å². The van der Waals surface area contributed by atoms with Crippen molar-refractivity contribution >= 4 is 11.7 Å². The van der Waals surface area contributed by atoms with Crippen molar-refractivity contribution in [1.82, 2.24) is 10.2 Å². The maximum atomic E-state index is 11.7. The van der Waals surface area contributed by atoms with E-state index in [0.29, 0.717) is 6.54 Å². The molecule has 1 aliphatic rings. The molecule has 0 aliphatic carbocycles. The molecule has 5 N–H and O–H groups in total. The van der Waals surface area contributed by atoms with Crippen LogP contribution in [0.15, 0.2) is 12.1 Å². The highest BCUT2D eigenvalue weighted by Gasteiger charge is 2.11. The molecule has 0 radical (unpaired) electrons. The fourth-order valence-electron chi connectivity index (χ4n) is 2.18. The van der Waals surface area contributed by atoms with Crippen LogP contribution in [0.3, 0.4) is 0 Å². The molecular formula is C14H21N3O5. The Hall–Kier alpha value is -2.19. The van der Waals surface area contributed by atoms with E-state index >= 15 is 0 Å². The van der Waals surface area contributed by atoms with Gasteiger partial charge in [0.15, 0.2) is 17.2 Å². The highest BCUT2D eigenvalue weighted by molar-refractivity contribution is 5.90. The molecule has 1 aliphatic heterocycles. The van der Waals surface area contributed by atoms with E-state index in [4.69, 9.17) is 4.74 Å². The van der Waals surface area contributed by atoms with E-state index in [2.05, 4.69) is 15.5 Å². The number of aromatic hydroxyl groups is 3. The first-order valence-electron chi connectivity index (χ1n) is 7.16. The Kier molecular flexibility index (Phi) is 5.68. The van der Waals surface area contributed by atoms with E-state index in [1.54, 1.807) is 0 Å². The third-order valence-corrected chi connectivity index (χ3v) is 3.37. The predicted molar refractivity (Wildman–Crippen MR) is 80.3 cm³/mol. The average Bonchev–Trinajstić information content (AvgIpc) is 2.50. The maximum Gasteiger partial charge on any atom is 0.319 e. The van der Waals surface area contributed by atoms with Crippen LogP contribution in [-0.4, -0.2) is 65.6 Å². The number of nitrogens with one attached hydrogen (secondary N) is 2. The van der Waals surface area contributed by atoms with Crippen molar-refractivity contribution in [1.29, 1.82) is 0 Å². The molecule has 0 aromatic heterocycles. The second kappa shape index (κ2) is 7.71. The summed E-state index contributed by atoms with van der Waals surface area (Å²) in [5, 5.41) is 33.1. The Labute approximate surface area is 128 Å². The van der Waals surface area contributed by atoms with Crippen molar-refractivity contribution in [2.24, 2.45) is 0 Å². The van der Waals surface area contributed by atoms with Gasteiger partial charge in [0.1, 0.15) is 0 Å². The van der Waals surface area contributed by atoms with E-state index < -0.39 is 23.3 Å². The molecule has 22 heavy (non-hydrogen) atoms. The number of amides is 2. The van der Waals surface area contributed by atoms with Crippen LogP contribution < -0.4 is 10.6 Å². The monoisotopic (exact) mass is 311 g/mol. The molecule has 0 unspecified atom stereocenters. The minimum absolute atomic E-state index is 0.193. The van der Waals surface area contributed by atoms with Crippen LogP contribution in [0.4, 0.5) is 10.5 Å². The van der Waals surface area contributed by atoms with Crippen LogP contribution in [0.5, 0.6) is 17.2 Å². The summed E-state index contributed by atoms with van der Waals surface area (Å²) in [5.41, 5.74) is 0.193. The average molecular weight is 311 g/mol. The number of nitrogens with zero attached hydrogens (tertiary/aromatic N) is 1. The molecule has 1 saturated heterocycles. The van der Waals surface area contributed by atoms with Gasteiger partial charge >= 0.3 is 6.03 Å². The third-order valence-electron chi connectivity index (χ3n) is 3.37. The lowest BCUT2D eigenvalue weighted by atomic mass is 10.2. The fraction of sp³-hybridized carbons (Fsp3) is 0.500. The molecule has 0 atom stereocenters. The first-order chi connectivity index (χ1) is 10.6. The van der Waals surface area contributed by atoms with Crippen LogP contribution in [0.1, 0.15) is 6.42 Å². The van der Waals surface area contributed by atoms with E-state index in [9.17, 15) is 20.1 Å². The molecule has 2 rings (SSSR count). The number of urea groups is 1. The lowest BCUT2D eigenvalue weighted by Gasteiger charge is -2.26. The lowest BCUT2D eigenvalue weighted by Crippen LogP contribution is -2.38. The van der Waals surface area contributed by atoms with Gasteiger partial charge in [-0.25, -0.2) is 4.79 Å². The summed E-state index contributed by atoms with van der Waals surface area (Å²) in [5.74, 6) is -1.61. The number of ether oxygens (including phenoxy) is 1. The van der Waals surface area contributed by atoms with Crippen LogP contribution in [0.25, 0.3) is 0 Å². The first-order valence-corrected chi connectivity index (χ1v) is 7.16. The van der Waals surface area contributed by atoms with Crippen molar-refractivity contribution in [3.05, 3.63) is 12.1 Å². The molecule has 0 bridgehead atoms. The van der Waals surface area contributed by atoms with Crippen LogP contribution in [-0.2, 0) is 4.74 Å². The number of carbonyl (C=O) groups is 1. The summed E-state index contributed by atoms with van der Waals surface area (Å²) in [4.78, 5) is 14.0. The number of carbonyl (C=O) groups excluding carboxylic acids is 1. The molecule has 8 heteroatoms. The number of morpholine rings is 1. The fourth-order valence-corrected chi connectivity index (χ4v) is 2.18. The predicted octanol–water partition coefficient (Wildman–Crippen LogP) is 0.647. The first kappa shape index (κ1) is 16.2. The van der Waals surface area contributed by atoms with E-state index in [0.717, 1.165) is 51.4 Å². The summed E-state index contributed by atoms with van der Waals surface area (Å²) < 4.78 is 5.26. The molecule has 1 aromatic carbocycles. The van der Waals surface area contributed by atoms with Crippen molar-refractivity contribution in [3.63, 3.8) is 0 Å². The molecule has 0 saturated carbocycles. The molecule has 1 fully saturated rings. The summed E-state index contributed by atoms with van der Waals surface area (Å²) >= 11 is 0. The Morgan fingerprint density at radius 2 is 1.82 bits per heavy atom. The summed E-state index contributed by atoms with van der Waals surface area (Å²) in [6.45, 7) is 4.74. The topological polar surface area (TPSA) is 114 Å². The van der Waals surface area contributed by atoms with Gasteiger partial charge in [0, 0.05) is 31.8 Å². The van der Waals surface area contributed by atoms with Crippen molar-refractivity contribution in [2.75, 3.05) is 44.7 Å². The Bertz CT molecular complexity index is 494. The second-order valence-electron chi connectivity index (χ2n) is 5.05. The largest absolute Gasteiger partial charge is 0.504 e. The number of hydrogen-bond donors (Lipinski definition) is 5. The van der Waals surface area contributed by atoms with Crippen LogP contribution in [0, 0.1) is 0 Å². The normalized spacial score (nSPS) is 15.5. The van der Waals surface area contributed by atoms with Gasteiger partial charge in [0.05, 0.1) is 18.9 Å². The Balaban J connectivity index is 1.69. The van der Waals surface area contributed by atoms with Gasteiger partial charge in [-0.2, -0.15) is 0 Å². The van der Waals surface area contributed by atoms with Crippen molar-refractivity contribution in [2.45, 2.75) is 6.42 Å². The number of rotatable bonds is 5. The molecule has 0 spiro atoms. The zero-order chi connectivity index (χ0) is 15.9. The number of phenolic OH excluding ortho intramolecular Hbond substituents is 3. The van der Waals surface area contributed by atoms with Crippen molar-refractivity contribution in [3.8, 4) is 17.2 Å². The van der Waals surface area contributed by atoms with Gasteiger partial charge in [0.25, 0.3) is 0 Å². The highest BCUT2D eigenvalue weighted by Crippen LogP contribution is 2.37. The van der Waals surface area contributed by atoms with Gasteiger partial charge in [-0.3, -0.25) is 4.90 Å². The van der Waals surface area contributed by atoms with Gasteiger partial charge in [-0.05, 0) is 13.0 Å². The van der Waals surface area contributed by atoms with Gasteiger partial charge < -0.3 is 30.7 Å². The molecule has 122 valence electrons. The molecular weight excluding hydrogens is 290 g/mol. The number of anilines is 1. The number of phenols is 3. The third kappa shape index (κ3) is 4.68. The Morgan fingerprint density at radius 1 is 1.18 bits per heavy atom.